The number of hydrogen-bond donors (Lipinski definition) is 1. The van der Waals surface area contributed by atoms with Crippen LogP contribution in [0, 0.1) is 5.92 Å². The topological polar surface area (TPSA) is 24.9 Å². The Morgan fingerprint density at radius 3 is 2.94 bits per heavy atom. The molecule has 0 aromatic carbocycles. The zero-order valence-corrected chi connectivity index (χ0v) is 11.3. The molecular formula is C13H22N2S. The highest BCUT2D eigenvalue weighted by Crippen LogP contribution is 2.16. The van der Waals surface area contributed by atoms with Gasteiger partial charge in [0.05, 0.1) is 5.69 Å². The maximum absolute atomic E-state index is 4.38. The van der Waals surface area contributed by atoms with Crippen LogP contribution in [0.5, 0.6) is 0 Å². The van der Waals surface area contributed by atoms with Crippen LogP contribution in [-0.2, 0) is 5.75 Å². The summed E-state index contributed by atoms with van der Waals surface area (Å²) in [4.78, 5) is 4.38. The summed E-state index contributed by atoms with van der Waals surface area (Å²) in [6.45, 7) is 7.61. The van der Waals surface area contributed by atoms with E-state index in [0.29, 0.717) is 0 Å². The minimum Gasteiger partial charge on any atom is -0.385 e. The summed E-state index contributed by atoms with van der Waals surface area (Å²) in [5.74, 6) is 3.05. The van der Waals surface area contributed by atoms with Gasteiger partial charge in [0, 0.05) is 24.2 Å². The van der Waals surface area contributed by atoms with E-state index in [1.165, 1.54) is 23.6 Å². The Labute approximate surface area is 103 Å². The molecule has 0 spiro atoms. The molecule has 0 radical (unpaired) electrons. The highest BCUT2D eigenvalue weighted by atomic mass is 32.2. The number of pyridine rings is 1. The molecule has 0 aliphatic heterocycles. The average molecular weight is 238 g/mol. The Kier molecular flexibility index (Phi) is 6.31. The van der Waals surface area contributed by atoms with Crippen molar-refractivity contribution in [3.05, 3.63) is 24.0 Å². The molecule has 90 valence electrons. The van der Waals surface area contributed by atoms with Gasteiger partial charge < -0.3 is 5.32 Å². The van der Waals surface area contributed by atoms with E-state index in [1.54, 1.807) is 0 Å². The van der Waals surface area contributed by atoms with Crippen LogP contribution in [0.15, 0.2) is 18.3 Å². The molecule has 0 saturated heterocycles. The van der Waals surface area contributed by atoms with Crippen molar-refractivity contribution in [3.8, 4) is 0 Å². The highest BCUT2D eigenvalue weighted by molar-refractivity contribution is 7.98. The van der Waals surface area contributed by atoms with Crippen molar-refractivity contribution in [1.82, 2.24) is 4.98 Å². The number of hydrogen-bond acceptors (Lipinski definition) is 3. The first-order valence-electron chi connectivity index (χ1n) is 5.99. The Morgan fingerprint density at radius 1 is 1.44 bits per heavy atom. The first-order valence-corrected chi connectivity index (χ1v) is 7.14. The third-order valence-corrected chi connectivity index (χ3v) is 3.31. The molecule has 1 heterocycles. The van der Waals surface area contributed by atoms with Crippen LogP contribution in [0.2, 0.25) is 0 Å². The van der Waals surface area contributed by atoms with E-state index >= 15 is 0 Å². The predicted octanol–water partition coefficient (Wildman–Crippen LogP) is 3.79. The van der Waals surface area contributed by atoms with E-state index in [0.717, 1.165) is 18.2 Å². The van der Waals surface area contributed by atoms with Gasteiger partial charge in [0.2, 0.25) is 0 Å². The maximum atomic E-state index is 4.38. The number of rotatable bonds is 7. The van der Waals surface area contributed by atoms with Crippen molar-refractivity contribution < 1.29 is 0 Å². The molecule has 0 unspecified atom stereocenters. The molecule has 1 rings (SSSR count). The van der Waals surface area contributed by atoms with Crippen molar-refractivity contribution in [2.75, 3.05) is 17.6 Å². The lowest BCUT2D eigenvalue weighted by atomic mass is 10.2. The number of anilines is 1. The SMILES string of the molecule is CCNc1ccnc(CSCCC(C)C)c1. The molecule has 1 aromatic heterocycles. The van der Waals surface area contributed by atoms with Gasteiger partial charge in [-0.1, -0.05) is 13.8 Å². The van der Waals surface area contributed by atoms with Gasteiger partial charge >= 0.3 is 0 Å². The minimum atomic E-state index is 0.800. The van der Waals surface area contributed by atoms with E-state index in [1.807, 2.05) is 24.0 Å². The zero-order valence-electron chi connectivity index (χ0n) is 10.5. The average Bonchev–Trinajstić information content (AvgIpc) is 2.25. The van der Waals surface area contributed by atoms with Crippen LogP contribution in [0.4, 0.5) is 5.69 Å². The van der Waals surface area contributed by atoms with Crippen molar-refractivity contribution in [2.24, 2.45) is 5.92 Å². The van der Waals surface area contributed by atoms with E-state index in [2.05, 4.69) is 37.1 Å². The summed E-state index contributed by atoms with van der Waals surface area (Å²) >= 11 is 1.97. The molecule has 0 amide bonds. The van der Waals surface area contributed by atoms with Crippen LogP contribution < -0.4 is 5.32 Å². The van der Waals surface area contributed by atoms with Crippen molar-refractivity contribution >= 4 is 17.4 Å². The molecular weight excluding hydrogens is 216 g/mol. The van der Waals surface area contributed by atoms with Gasteiger partial charge in [-0.3, -0.25) is 4.98 Å². The molecule has 0 atom stereocenters. The Balaban J connectivity index is 2.33. The predicted molar refractivity (Wildman–Crippen MR) is 74.0 cm³/mol. The lowest BCUT2D eigenvalue weighted by Gasteiger charge is -2.06. The third-order valence-electron chi connectivity index (χ3n) is 2.29. The summed E-state index contributed by atoms with van der Waals surface area (Å²) in [6, 6.07) is 4.16. The largest absolute Gasteiger partial charge is 0.385 e. The molecule has 1 N–H and O–H groups in total. The first kappa shape index (κ1) is 13.4. The number of thioether (sulfide) groups is 1. The normalized spacial score (nSPS) is 10.8. The Bertz CT molecular complexity index is 300. The molecule has 0 fully saturated rings. The molecule has 0 aliphatic carbocycles. The van der Waals surface area contributed by atoms with E-state index in [-0.39, 0.29) is 0 Å². The minimum absolute atomic E-state index is 0.800. The standard InChI is InChI=1S/C13H22N2S/c1-4-14-12-5-7-15-13(9-12)10-16-8-6-11(2)3/h5,7,9,11H,4,6,8,10H2,1-3H3,(H,14,15). The van der Waals surface area contributed by atoms with E-state index in [4.69, 9.17) is 0 Å². The molecule has 1 aromatic rings. The summed E-state index contributed by atoms with van der Waals surface area (Å²) < 4.78 is 0. The Morgan fingerprint density at radius 2 is 2.25 bits per heavy atom. The summed E-state index contributed by atoms with van der Waals surface area (Å²) in [7, 11) is 0. The van der Waals surface area contributed by atoms with E-state index < -0.39 is 0 Å². The van der Waals surface area contributed by atoms with Crippen molar-refractivity contribution in [1.29, 1.82) is 0 Å². The van der Waals surface area contributed by atoms with Crippen molar-refractivity contribution in [2.45, 2.75) is 32.9 Å². The third kappa shape index (κ3) is 5.40. The molecule has 3 heteroatoms. The second-order valence-electron chi connectivity index (χ2n) is 4.30. The molecule has 0 bridgehead atoms. The fourth-order valence-corrected chi connectivity index (χ4v) is 2.52. The van der Waals surface area contributed by atoms with Gasteiger partial charge in [-0.05, 0) is 37.1 Å². The van der Waals surface area contributed by atoms with Crippen LogP contribution in [0.3, 0.4) is 0 Å². The lowest BCUT2D eigenvalue weighted by molar-refractivity contribution is 0.632. The molecule has 2 nitrogen and oxygen atoms in total. The zero-order chi connectivity index (χ0) is 11.8. The van der Waals surface area contributed by atoms with Crippen LogP contribution in [-0.4, -0.2) is 17.3 Å². The summed E-state index contributed by atoms with van der Waals surface area (Å²) in [5.41, 5.74) is 2.35. The monoisotopic (exact) mass is 238 g/mol. The fraction of sp³-hybridized carbons (Fsp3) is 0.615. The summed E-state index contributed by atoms with van der Waals surface area (Å²) in [5, 5.41) is 3.31. The van der Waals surface area contributed by atoms with Crippen LogP contribution in [0.1, 0.15) is 32.9 Å². The molecule has 0 aliphatic rings. The van der Waals surface area contributed by atoms with Crippen LogP contribution >= 0.6 is 11.8 Å². The fourth-order valence-electron chi connectivity index (χ4n) is 1.37. The Hall–Kier alpha value is -0.700. The quantitative estimate of drug-likeness (QED) is 0.732. The molecule has 0 saturated carbocycles. The summed E-state index contributed by atoms with van der Waals surface area (Å²) in [6.07, 6.45) is 3.17. The van der Waals surface area contributed by atoms with Gasteiger partial charge in [0.15, 0.2) is 0 Å². The smallest absolute Gasteiger partial charge is 0.0523 e. The number of nitrogens with one attached hydrogen (secondary N) is 1. The van der Waals surface area contributed by atoms with Gasteiger partial charge in [-0.2, -0.15) is 11.8 Å². The number of nitrogens with zero attached hydrogens (tertiary/aromatic N) is 1. The van der Waals surface area contributed by atoms with Crippen molar-refractivity contribution in [3.63, 3.8) is 0 Å². The lowest BCUT2D eigenvalue weighted by Crippen LogP contribution is -1.98. The van der Waals surface area contributed by atoms with Gasteiger partial charge in [-0.25, -0.2) is 0 Å². The number of aromatic nitrogens is 1. The second-order valence-corrected chi connectivity index (χ2v) is 5.41. The van der Waals surface area contributed by atoms with Gasteiger partial charge in [-0.15, -0.1) is 0 Å². The first-order chi connectivity index (χ1) is 7.72. The van der Waals surface area contributed by atoms with Gasteiger partial charge in [0.1, 0.15) is 0 Å². The van der Waals surface area contributed by atoms with Crippen LogP contribution in [0.25, 0.3) is 0 Å². The second kappa shape index (κ2) is 7.55. The highest BCUT2D eigenvalue weighted by Gasteiger charge is 1.98. The van der Waals surface area contributed by atoms with Gasteiger partial charge in [0.25, 0.3) is 0 Å². The van der Waals surface area contributed by atoms with E-state index in [9.17, 15) is 0 Å². The molecule has 16 heavy (non-hydrogen) atoms. The maximum Gasteiger partial charge on any atom is 0.0523 e.